The Balaban J connectivity index is 1.58. The highest BCUT2D eigenvalue weighted by molar-refractivity contribution is 6.30. The van der Waals surface area contributed by atoms with Crippen molar-refractivity contribution in [3.63, 3.8) is 0 Å². The fraction of sp³-hybridized carbons (Fsp3) is 0.111. The van der Waals surface area contributed by atoms with Crippen LogP contribution in [0.5, 0.6) is 5.75 Å². The van der Waals surface area contributed by atoms with Crippen LogP contribution in [0.15, 0.2) is 84.7 Å². The molecule has 4 aromatic rings. The molecule has 34 heavy (non-hydrogen) atoms. The van der Waals surface area contributed by atoms with Crippen molar-refractivity contribution < 1.29 is 14.3 Å². The van der Waals surface area contributed by atoms with Gasteiger partial charge in [0, 0.05) is 39.8 Å². The smallest absolute Gasteiger partial charge is 0.267 e. The number of rotatable bonds is 8. The van der Waals surface area contributed by atoms with Crippen molar-refractivity contribution in [2.24, 2.45) is 0 Å². The van der Waals surface area contributed by atoms with Crippen LogP contribution in [0, 0.1) is 0 Å². The number of hydrogen-bond donors (Lipinski definition) is 3. The maximum absolute atomic E-state index is 13.1. The summed E-state index contributed by atoms with van der Waals surface area (Å²) in [6.07, 6.45) is 4.06. The first-order chi connectivity index (χ1) is 16.5. The summed E-state index contributed by atoms with van der Waals surface area (Å²) in [7, 11) is 1.60. The van der Waals surface area contributed by atoms with Gasteiger partial charge in [-0.25, -0.2) is 0 Å². The zero-order chi connectivity index (χ0) is 23.9. The van der Waals surface area contributed by atoms with Gasteiger partial charge >= 0.3 is 0 Å². The van der Waals surface area contributed by atoms with Crippen LogP contribution < -0.4 is 15.4 Å². The zero-order valence-electron chi connectivity index (χ0n) is 18.6. The van der Waals surface area contributed by atoms with Crippen LogP contribution in [0.25, 0.3) is 17.0 Å². The molecule has 7 heteroatoms. The Bertz CT molecular complexity index is 1350. The monoisotopic (exact) mass is 473 g/mol. The maximum atomic E-state index is 13.1. The fourth-order valence-corrected chi connectivity index (χ4v) is 3.79. The minimum absolute atomic E-state index is 0.142. The molecule has 4 rings (SSSR count). The van der Waals surface area contributed by atoms with E-state index in [0.29, 0.717) is 29.3 Å². The topological polar surface area (TPSA) is 83.2 Å². The van der Waals surface area contributed by atoms with Gasteiger partial charge in [0.05, 0.1) is 7.11 Å². The number of halogens is 1. The Hall–Kier alpha value is -4.03. The van der Waals surface area contributed by atoms with Crippen molar-refractivity contribution in [3.8, 4) is 5.75 Å². The minimum atomic E-state index is -0.386. The van der Waals surface area contributed by atoms with Gasteiger partial charge in [0.25, 0.3) is 11.8 Å². The Kier molecular flexibility index (Phi) is 7.30. The summed E-state index contributed by atoms with van der Waals surface area (Å²) in [5.41, 5.74) is 3.25. The molecule has 0 fully saturated rings. The number of ether oxygens (including phenoxy) is 1. The Morgan fingerprint density at radius 2 is 1.85 bits per heavy atom. The van der Waals surface area contributed by atoms with Gasteiger partial charge in [-0.05, 0) is 60.5 Å². The molecule has 0 saturated carbocycles. The number of aromatic amines is 1. The van der Waals surface area contributed by atoms with Crippen LogP contribution in [0.1, 0.15) is 21.5 Å². The van der Waals surface area contributed by atoms with Crippen molar-refractivity contribution in [1.82, 2.24) is 15.6 Å². The number of methoxy groups -OCH3 is 1. The van der Waals surface area contributed by atoms with E-state index in [4.69, 9.17) is 16.3 Å². The fourth-order valence-electron chi connectivity index (χ4n) is 3.57. The number of H-pyrrole nitrogens is 1. The van der Waals surface area contributed by atoms with E-state index in [-0.39, 0.29) is 17.5 Å². The number of hydrogen-bond acceptors (Lipinski definition) is 3. The molecule has 1 heterocycles. The standard InChI is InChI=1S/C27H24ClN3O3/c1-34-22-10-11-24-23(16-22)20(17-30-24)15-25(31-26(32)19-7-3-2-4-8-19)27(33)29-13-12-18-6-5-9-21(28)14-18/h2-11,14-17,30H,12-13H2,1H3,(H,29,33)(H,31,32). The lowest BCUT2D eigenvalue weighted by atomic mass is 10.1. The van der Waals surface area contributed by atoms with E-state index in [1.54, 1.807) is 49.7 Å². The van der Waals surface area contributed by atoms with Gasteiger partial charge in [-0.1, -0.05) is 41.9 Å². The molecule has 172 valence electrons. The van der Waals surface area contributed by atoms with Gasteiger partial charge in [-0.15, -0.1) is 0 Å². The summed E-state index contributed by atoms with van der Waals surface area (Å²) in [4.78, 5) is 29.1. The van der Waals surface area contributed by atoms with E-state index in [1.165, 1.54) is 0 Å². The number of nitrogens with one attached hydrogen (secondary N) is 3. The Labute approximate surface area is 202 Å². The van der Waals surface area contributed by atoms with Crippen LogP contribution >= 0.6 is 11.6 Å². The van der Waals surface area contributed by atoms with Gasteiger partial charge < -0.3 is 20.4 Å². The quantitative estimate of drug-likeness (QED) is 0.316. The van der Waals surface area contributed by atoms with Crippen LogP contribution in [-0.4, -0.2) is 30.5 Å². The predicted octanol–water partition coefficient (Wildman–Crippen LogP) is 4.96. The van der Waals surface area contributed by atoms with Crippen LogP contribution in [0.4, 0.5) is 0 Å². The van der Waals surface area contributed by atoms with E-state index in [0.717, 1.165) is 22.0 Å². The van der Waals surface area contributed by atoms with E-state index < -0.39 is 0 Å². The summed E-state index contributed by atoms with van der Waals surface area (Å²) in [6.45, 7) is 0.388. The molecule has 2 amide bonds. The lowest BCUT2D eigenvalue weighted by Crippen LogP contribution is -2.35. The second-order valence-electron chi connectivity index (χ2n) is 7.67. The highest BCUT2D eigenvalue weighted by atomic mass is 35.5. The maximum Gasteiger partial charge on any atom is 0.267 e. The van der Waals surface area contributed by atoms with Crippen molar-refractivity contribution >= 4 is 40.4 Å². The predicted molar refractivity (Wildman–Crippen MR) is 135 cm³/mol. The minimum Gasteiger partial charge on any atom is -0.497 e. The van der Waals surface area contributed by atoms with E-state index in [9.17, 15) is 9.59 Å². The van der Waals surface area contributed by atoms with Gasteiger partial charge in [-0.2, -0.15) is 0 Å². The number of fused-ring (bicyclic) bond motifs is 1. The van der Waals surface area contributed by atoms with E-state index in [2.05, 4.69) is 15.6 Å². The molecule has 0 spiro atoms. The largest absolute Gasteiger partial charge is 0.497 e. The number of carbonyl (C=O) groups is 2. The molecule has 0 unspecified atom stereocenters. The third-order valence-electron chi connectivity index (χ3n) is 5.34. The molecule has 3 aromatic carbocycles. The second-order valence-corrected chi connectivity index (χ2v) is 8.11. The Morgan fingerprint density at radius 3 is 2.62 bits per heavy atom. The number of aromatic nitrogens is 1. The Morgan fingerprint density at radius 1 is 1.03 bits per heavy atom. The SMILES string of the molecule is COc1ccc2[nH]cc(C=C(NC(=O)c3ccccc3)C(=O)NCCc3cccc(Cl)c3)c2c1. The van der Waals surface area contributed by atoms with Crippen molar-refractivity contribution in [2.45, 2.75) is 6.42 Å². The third kappa shape index (κ3) is 5.66. The molecule has 0 atom stereocenters. The number of benzene rings is 3. The summed E-state index contributed by atoms with van der Waals surface area (Å²) in [5, 5.41) is 7.18. The highest BCUT2D eigenvalue weighted by Gasteiger charge is 2.16. The third-order valence-corrected chi connectivity index (χ3v) is 5.57. The summed E-state index contributed by atoms with van der Waals surface area (Å²) in [5.74, 6) is -0.0552. The van der Waals surface area contributed by atoms with Crippen molar-refractivity contribution in [2.75, 3.05) is 13.7 Å². The van der Waals surface area contributed by atoms with Crippen LogP contribution in [-0.2, 0) is 11.2 Å². The highest BCUT2D eigenvalue weighted by Crippen LogP contribution is 2.25. The number of carbonyl (C=O) groups excluding carboxylic acids is 2. The molecule has 0 aliphatic heterocycles. The van der Waals surface area contributed by atoms with Gasteiger partial charge in [0.15, 0.2) is 0 Å². The molecule has 6 nitrogen and oxygen atoms in total. The average Bonchev–Trinajstić information content (AvgIpc) is 3.26. The van der Waals surface area contributed by atoms with E-state index >= 15 is 0 Å². The lowest BCUT2D eigenvalue weighted by molar-refractivity contribution is -0.117. The summed E-state index contributed by atoms with van der Waals surface area (Å²) < 4.78 is 5.33. The molecular weight excluding hydrogens is 450 g/mol. The molecule has 0 radical (unpaired) electrons. The molecular formula is C27H24ClN3O3. The zero-order valence-corrected chi connectivity index (χ0v) is 19.4. The normalized spacial score (nSPS) is 11.3. The van der Waals surface area contributed by atoms with Crippen LogP contribution in [0.2, 0.25) is 5.02 Å². The molecule has 3 N–H and O–H groups in total. The molecule has 0 saturated heterocycles. The van der Waals surface area contributed by atoms with Gasteiger partial charge in [0.1, 0.15) is 11.4 Å². The lowest BCUT2D eigenvalue weighted by Gasteiger charge is -2.11. The first-order valence-electron chi connectivity index (χ1n) is 10.8. The van der Waals surface area contributed by atoms with Crippen molar-refractivity contribution in [1.29, 1.82) is 0 Å². The van der Waals surface area contributed by atoms with Crippen LogP contribution in [0.3, 0.4) is 0 Å². The van der Waals surface area contributed by atoms with Crippen molar-refractivity contribution in [3.05, 3.63) is 106 Å². The molecule has 0 aliphatic rings. The first kappa shape index (κ1) is 23.1. The first-order valence-corrected chi connectivity index (χ1v) is 11.2. The molecule has 0 bridgehead atoms. The summed E-state index contributed by atoms with van der Waals surface area (Å²) in [6, 6.07) is 21.9. The molecule has 1 aromatic heterocycles. The van der Waals surface area contributed by atoms with Gasteiger partial charge in [-0.3, -0.25) is 9.59 Å². The number of amides is 2. The second kappa shape index (κ2) is 10.7. The summed E-state index contributed by atoms with van der Waals surface area (Å²) >= 11 is 6.05. The van der Waals surface area contributed by atoms with E-state index in [1.807, 2.05) is 42.5 Å². The molecule has 0 aliphatic carbocycles. The average molecular weight is 474 g/mol. The van der Waals surface area contributed by atoms with Gasteiger partial charge in [0.2, 0.25) is 0 Å².